The van der Waals surface area contributed by atoms with E-state index < -0.39 is 0 Å². The Labute approximate surface area is 330 Å². The summed E-state index contributed by atoms with van der Waals surface area (Å²) in [6, 6.07) is 59.6. The standard InChI is InChI=1S/C52H37N5/c1-3-4-9-18-35(2)39-27-31-46-44(33-39)42-29-30-43-45-34-40(36-19-10-5-11-20-36)28-32-47(45)57(49(43)48(42)56(46)41-25-16-8-17-26-41)52-54-50(37-21-12-6-13-22-37)53-51(55-52)38-23-14-7-15-24-38/h3-34H,1H2,2H3/b9-4-,35-18+. The summed E-state index contributed by atoms with van der Waals surface area (Å²) in [4.78, 5) is 15.7. The molecule has 0 radical (unpaired) electrons. The summed E-state index contributed by atoms with van der Waals surface area (Å²) in [6.07, 6.45) is 7.92. The highest BCUT2D eigenvalue weighted by molar-refractivity contribution is 6.24. The number of hydrogen-bond acceptors (Lipinski definition) is 3. The van der Waals surface area contributed by atoms with E-state index in [-0.39, 0.29) is 0 Å². The summed E-state index contributed by atoms with van der Waals surface area (Å²) < 4.78 is 4.66. The van der Waals surface area contributed by atoms with E-state index in [2.05, 4.69) is 162 Å². The number of aromatic nitrogens is 5. The maximum atomic E-state index is 5.30. The first-order chi connectivity index (χ1) is 28.2. The molecule has 3 heterocycles. The maximum Gasteiger partial charge on any atom is 0.238 e. The van der Waals surface area contributed by atoms with E-state index in [0.717, 1.165) is 71.7 Å². The highest BCUT2D eigenvalue weighted by Gasteiger charge is 2.24. The van der Waals surface area contributed by atoms with Crippen LogP contribution in [-0.2, 0) is 0 Å². The van der Waals surface area contributed by atoms with E-state index in [0.29, 0.717) is 17.6 Å². The average molecular weight is 732 g/mol. The van der Waals surface area contributed by atoms with Gasteiger partial charge in [-0.2, -0.15) is 9.97 Å². The average Bonchev–Trinajstić information content (AvgIpc) is 3.80. The Morgan fingerprint density at radius 2 is 1.00 bits per heavy atom. The van der Waals surface area contributed by atoms with Gasteiger partial charge in [-0.1, -0.05) is 164 Å². The predicted molar refractivity (Wildman–Crippen MR) is 238 cm³/mol. The van der Waals surface area contributed by atoms with Gasteiger partial charge in [0.25, 0.3) is 0 Å². The van der Waals surface area contributed by atoms with Crippen LogP contribution in [0.25, 0.3) is 94.7 Å². The van der Waals surface area contributed by atoms with Crippen molar-refractivity contribution >= 4 is 49.2 Å². The smallest absolute Gasteiger partial charge is 0.238 e. The number of para-hydroxylation sites is 1. The van der Waals surface area contributed by atoms with Crippen molar-refractivity contribution in [2.24, 2.45) is 0 Å². The van der Waals surface area contributed by atoms with Gasteiger partial charge in [-0.25, -0.2) is 4.98 Å². The summed E-state index contributed by atoms with van der Waals surface area (Å²) in [5.74, 6) is 1.79. The number of rotatable bonds is 8. The zero-order valence-electron chi connectivity index (χ0n) is 31.4. The van der Waals surface area contributed by atoms with Gasteiger partial charge < -0.3 is 4.57 Å². The zero-order chi connectivity index (χ0) is 38.3. The van der Waals surface area contributed by atoms with Crippen molar-refractivity contribution in [2.75, 3.05) is 0 Å². The summed E-state index contributed by atoms with van der Waals surface area (Å²) in [5.41, 5.74) is 11.8. The van der Waals surface area contributed by atoms with Crippen molar-refractivity contribution in [3.8, 4) is 45.5 Å². The second-order valence-electron chi connectivity index (χ2n) is 14.2. The van der Waals surface area contributed by atoms with Crippen molar-refractivity contribution < 1.29 is 0 Å². The number of hydrogen-bond donors (Lipinski definition) is 0. The molecule has 0 saturated heterocycles. The van der Waals surface area contributed by atoms with Crippen LogP contribution in [0.5, 0.6) is 0 Å². The van der Waals surface area contributed by atoms with Crippen molar-refractivity contribution in [1.29, 1.82) is 0 Å². The summed E-state index contributed by atoms with van der Waals surface area (Å²) in [6.45, 7) is 5.99. The van der Waals surface area contributed by atoms with E-state index in [9.17, 15) is 0 Å². The van der Waals surface area contributed by atoms with Crippen LogP contribution in [-0.4, -0.2) is 24.1 Å². The molecule has 0 bridgehead atoms. The summed E-state index contributed by atoms with van der Waals surface area (Å²) >= 11 is 0. The molecule has 5 heteroatoms. The minimum atomic E-state index is 0.556. The van der Waals surface area contributed by atoms with Crippen LogP contribution in [0.15, 0.2) is 201 Å². The fraction of sp³-hybridized carbons (Fsp3) is 0.0192. The highest BCUT2D eigenvalue weighted by Crippen LogP contribution is 2.43. The first-order valence-corrected chi connectivity index (χ1v) is 19.2. The van der Waals surface area contributed by atoms with E-state index in [4.69, 9.17) is 15.0 Å². The molecular weight excluding hydrogens is 695 g/mol. The molecule has 10 aromatic rings. The van der Waals surface area contributed by atoms with Crippen LogP contribution in [0.1, 0.15) is 12.5 Å². The molecule has 0 amide bonds. The highest BCUT2D eigenvalue weighted by atomic mass is 15.2. The molecule has 5 nitrogen and oxygen atoms in total. The fourth-order valence-electron chi connectivity index (χ4n) is 7.98. The SMILES string of the molecule is C=C/C=C\C=C(/C)c1ccc2c(c1)c1ccc3c4cc(-c5ccccc5)ccc4n(-c4nc(-c5ccccc5)nc(-c5ccccc5)n4)c3c1n2-c1ccccc1. The lowest BCUT2D eigenvalue weighted by Crippen LogP contribution is -2.07. The van der Waals surface area contributed by atoms with Crippen LogP contribution in [0, 0.1) is 0 Å². The van der Waals surface area contributed by atoms with E-state index in [1.807, 2.05) is 48.6 Å². The zero-order valence-corrected chi connectivity index (χ0v) is 31.4. The molecule has 0 saturated carbocycles. The first kappa shape index (κ1) is 33.9. The monoisotopic (exact) mass is 731 g/mol. The number of benzene rings is 7. The number of allylic oxidation sites excluding steroid dienone is 5. The van der Waals surface area contributed by atoms with Crippen LogP contribution >= 0.6 is 0 Å². The lowest BCUT2D eigenvalue weighted by molar-refractivity contribution is 0.953. The number of nitrogens with zero attached hydrogens (tertiary/aromatic N) is 5. The van der Waals surface area contributed by atoms with E-state index >= 15 is 0 Å². The molecular formula is C52H37N5. The molecule has 0 aliphatic carbocycles. The molecule has 0 N–H and O–H groups in total. The Bertz CT molecular complexity index is 3120. The maximum absolute atomic E-state index is 5.30. The quantitative estimate of drug-likeness (QED) is 0.146. The molecule has 0 aliphatic heterocycles. The largest absolute Gasteiger partial charge is 0.307 e. The van der Waals surface area contributed by atoms with Crippen molar-refractivity contribution in [2.45, 2.75) is 6.92 Å². The molecule has 0 aliphatic rings. The summed E-state index contributed by atoms with van der Waals surface area (Å²) in [7, 11) is 0. The minimum absolute atomic E-state index is 0.556. The Morgan fingerprint density at radius 3 is 1.61 bits per heavy atom. The third-order valence-corrected chi connectivity index (χ3v) is 10.7. The molecule has 0 spiro atoms. The van der Waals surface area contributed by atoms with Crippen molar-refractivity contribution in [3.63, 3.8) is 0 Å². The fourth-order valence-corrected chi connectivity index (χ4v) is 7.98. The molecule has 7 aromatic carbocycles. The molecule has 0 fully saturated rings. The molecule has 10 rings (SSSR count). The second-order valence-corrected chi connectivity index (χ2v) is 14.2. The van der Waals surface area contributed by atoms with Crippen LogP contribution < -0.4 is 0 Å². The molecule has 57 heavy (non-hydrogen) atoms. The van der Waals surface area contributed by atoms with Gasteiger partial charge in [0.15, 0.2) is 11.6 Å². The Balaban J connectivity index is 1.37. The molecule has 3 aromatic heterocycles. The summed E-state index contributed by atoms with van der Waals surface area (Å²) in [5, 5.41) is 4.55. The van der Waals surface area contributed by atoms with Crippen LogP contribution in [0.3, 0.4) is 0 Å². The first-order valence-electron chi connectivity index (χ1n) is 19.2. The topological polar surface area (TPSA) is 48.5 Å². The van der Waals surface area contributed by atoms with Gasteiger partial charge in [0, 0.05) is 38.4 Å². The van der Waals surface area contributed by atoms with Crippen molar-refractivity contribution in [3.05, 3.63) is 206 Å². The normalized spacial score (nSPS) is 12.1. The molecule has 0 atom stereocenters. The van der Waals surface area contributed by atoms with Gasteiger partial charge in [0.1, 0.15) is 0 Å². The molecule has 270 valence electrons. The van der Waals surface area contributed by atoms with E-state index in [1.165, 1.54) is 11.0 Å². The van der Waals surface area contributed by atoms with E-state index in [1.54, 1.807) is 6.08 Å². The van der Waals surface area contributed by atoms with Crippen molar-refractivity contribution in [1.82, 2.24) is 24.1 Å². The van der Waals surface area contributed by atoms with Gasteiger partial charge in [0.2, 0.25) is 5.95 Å². The second kappa shape index (κ2) is 14.2. The predicted octanol–water partition coefficient (Wildman–Crippen LogP) is 13.2. The molecule has 0 unspecified atom stereocenters. The van der Waals surface area contributed by atoms with Gasteiger partial charge in [0.05, 0.1) is 22.1 Å². The lowest BCUT2D eigenvalue weighted by atomic mass is 10.0. The van der Waals surface area contributed by atoms with Gasteiger partial charge in [-0.15, -0.1) is 0 Å². The van der Waals surface area contributed by atoms with Gasteiger partial charge in [-0.3, -0.25) is 4.57 Å². The Hall–Kier alpha value is -7.63. The Morgan fingerprint density at radius 1 is 0.474 bits per heavy atom. The number of fused-ring (bicyclic) bond motifs is 7. The van der Waals surface area contributed by atoms with Crippen LogP contribution in [0.4, 0.5) is 0 Å². The van der Waals surface area contributed by atoms with Crippen LogP contribution in [0.2, 0.25) is 0 Å². The lowest BCUT2D eigenvalue weighted by Gasteiger charge is -2.13. The Kier molecular flexibility index (Phi) is 8.46. The van der Waals surface area contributed by atoms with Gasteiger partial charge >= 0.3 is 0 Å². The third-order valence-electron chi connectivity index (χ3n) is 10.7. The third kappa shape index (κ3) is 5.94. The van der Waals surface area contributed by atoms with Gasteiger partial charge in [-0.05, 0) is 65.6 Å². The minimum Gasteiger partial charge on any atom is -0.307 e.